The molecule has 13 heavy (non-hydrogen) atoms. The summed E-state index contributed by atoms with van der Waals surface area (Å²) in [5.74, 6) is -0.362. The fourth-order valence-electron chi connectivity index (χ4n) is 0.877. The van der Waals surface area contributed by atoms with E-state index in [0.717, 1.165) is 5.56 Å². The van der Waals surface area contributed by atoms with Crippen LogP contribution in [0.25, 0.3) is 6.08 Å². The van der Waals surface area contributed by atoms with Crippen molar-refractivity contribution < 1.29 is 9.53 Å². The van der Waals surface area contributed by atoms with Crippen LogP contribution in [0.2, 0.25) is 0 Å². The number of esters is 1. The summed E-state index contributed by atoms with van der Waals surface area (Å²) in [6.45, 7) is 3.57. The van der Waals surface area contributed by atoms with E-state index in [9.17, 15) is 4.79 Å². The van der Waals surface area contributed by atoms with E-state index < -0.39 is 0 Å². The number of carbonyl (C=O) groups excluding carboxylic acids is 1. The molecular formula is C11H11O2. The van der Waals surface area contributed by atoms with Crippen LogP contribution in [0.1, 0.15) is 5.56 Å². The van der Waals surface area contributed by atoms with Gasteiger partial charge in [0.2, 0.25) is 0 Å². The Morgan fingerprint density at radius 1 is 1.38 bits per heavy atom. The zero-order chi connectivity index (χ0) is 9.52. The molecule has 1 radical (unpaired) electrons. The Morgan fingerprint density at radius 3 is 2.69 bits per heavy atom. The van der Waals surface area contributed by atoms with Gasteiger partial charge in [-0.25, -0.2) is 4.79 Å². The lowest BCUT2D eigenvalue weighted by molar-refractivity contribution is -0.136. The molecule has 1 aromatic carbocycles. The van der Waals surface area contributed by atoms with Crippen molar-refractivity contribution in [3.63, 3.8) is 0 Å². The van der Waals surface area contributed by atoms with Gasteiger partial charge in [-0.05, 0) is 18.6 Å². The molecule has 0 aliphatic heterocycles. The highest BCUT2D eigenvalue weighted by Crippen LogP contribution is 2.00. The van der Waals surface area contributed by atoms with Gasteiger partial charge in [-0.1, -0.05) is 30.3 Å². The summed E-state index contributed by atoms with van der Waals surface area (Å²) in [4.78, 5) is 10.9. The molecule has 0 atom stereocenters. The van der Waals surface area contributed by atoms with Crippen LogP contribution in [-0.2, 0) is 9.53 Å². The second-order valence-corrected chi connectivity index (χ2v) is 2.41. The van der Waals surface area contributed by atoms with Gasteiger partial charge >= 0.3 is 5.97 Å². The average molecular weight is 175 g/mol. The standard InChI is InChI=1S/C11H11O2/c1-2-13-11(12)9-8-10-6-4-3-5-7-10/h3-9H,1-2H2/b9-8+. The predicted molar refractivity (Wildman–Crippen MR) is 51.8 cm³/mol. The highest BCUT2D eigenvalue weighted by Gasteiger charge is 1.92. The summed E-state index contributed by atoms with van der Waals surface area (Å²) in [5, 5.41) is 0. The molecule has 0 bridgehead atoms. The molecule has 0 N–H and O–H groups in total. The molecule has 0 heterocycles. The molecule has 2 heteroatoms. The third kappa shape index (κ3) is 3.56. The van der Waals surface area contributed by atoms with Gasteiger partial charge in [0.05, 0.1) is 6.61 Å². The van der Waals surface area contributed by atoms with Gasteiger partial charge in [-0.15, -0.1) is 0 Å². The van der Waals surface area contributed by atoms with Gasteiger partial charge in [0.15, 0.2) is 0 Å². The fourth-order valence-corrected chi connectivity index (χ4v) is 0.877. The molecule has 0 unspecified atom stereocenters. The topological polar surface area (TPSA) is 26.3 Å². The first-order valence-electron chi connectivity index (χ1n) is 4.02. The first-order chi connectivity index (χ1) is 6.33. The summed E-state index contributed by atoms with van der Waals surface area (Å²) < 4.78 is 4.63. The monoisotopic (exact) mass is 175 g/mol. The van der Waals surface area contributed by atoms with Crippen molar-refractivity contribution in [2.75, 3.05) is 6.61 Å². The molecule has 0 aliphatic rings. The van der Waals surface area contributed by atoms with E-state index in [1.807, 2.05) is 30.3 Å². The quantitative estimate of drug-likeness (QED) is 0.519. The largest absolute Gasteiger partial charge is 0.463 e. The Kier molecular flexibility index (Phi) is 3.76. The second kappa shape index (κ2) is 5.14. The number of hydrogen-bond acceptors (Lipinski definition) is 2. The zero-order valence-corrected chi connectivity index (χ0v) is 7.27. The minimum Gasteiger partial charge on any atom is -0.463 e. The molecule has 1 aromatic rings. The van der Waals surface area contributed by atoms with Crippen LogP contribution in [0, 0.1) is 6.92 Å². The predicted octanol–water partition coefficient (Wildman–Crippen LogP) is 2.08. The SMILES string of the molecule is [CH2]COC(=O)/C=C/c1ccccc1. The molecule has 1 rings (SSSR count). The Labute approximate surface area is 77.8 Å². The van der Waals surface area contributed by atoms with E-state index in [-0.39, 0.29) is 12.6 Å². The number of rotatable bonds is 3. The molecule has 67 valence electrons. The summed E-state index contributed by atoms with van der Waals surface area (Å²) in [5.41, 5.74) is 0.975. The van der Waals surface area contributed by atoms with Crippen LogP contribution in [0.5, 0.6) is 0 Å². The lowest BCUT2D eigenvalue weighted by Gasteiger charge is -1.94. The van der Waals surface area contributed by atoms with Gasteiger partial charge in [-0.2, -0.15) is 0 Å². The van der Waals surface area contributed by atoms with E-state index >= 15 is 0 Å². The van der Waals surface area contributed by atoms with Crippen LogP contribution < -0.4 is 0 Å². The van der Waals surface area contributed by atoms with Crippen molar-refractivity contribution in [2.24, 2.45) is 0 Å². The Bertz CT molecular complexity index is 288. The highest BCUT2D eigenvalue weighted by atomic mass is 16.5. The van der Waals surface area contributed by atoms with Crippen molar-refractivity contribution in [3.05, 3.63) is 48.9 Å². The van der Waals surface area contributed by atoms with Gasteiger partial charge in [0.1, 0.15) is 0 Å². The molecule has 0 fully saturated rings. The lowest BCUT2D eigenvalue weighted by atomic mass is 10.2. The molecule has 2 nitrogen and oxygen atoms in total. The smallest absolute Gasteiger partial charge is 0.330 e. The van der Waals surface area contributed by atoms with Crippen LogP contribution in [0.3, 0.4) is 0 Å². The first kappa shape index (κ1) is 9.52. The Morgan fingerprint density at radius 2 is 2.08 bits per heavy atom. The third-order valence-electron chi connectivity index (χ3n) is 1.46. The van der Waals surface area contributed by atoms with Crippen molar-refractivity contribution in [1.29, 1.82) is 0 Å². The molecule has 0 amide bonds. The molecule has 0 aromatic heterocycles. The van der Waals surface area contributed by atoms with Gasteiger partial charge < -0.3 is 4.74 Å². The number of benzene rings is 1. The summed E-state index contributed by atoms with van der Waals surface area (Å²) in [6.07, 6.45) is 3.10. The minimum absolute atomic E-state index is 0.165. The third-order valence-corrected chi connectivity index (χ3v) is 1.46. The maximum absolute atomic E-state index is 10.9. The van der Waals surface area contributed by atoms with Crippen molar-refractivity contribution >= 4 is 12.0 Å². The van der Waals surface area contributed by atoms with Crippen molar-refractivity contribution in [3.8, 4) is 0 Å². The van der Waals surface area contributed by atoms with Crippen LogP contribution >= 0.6 is 0 Å². The maximum atomic E-state index is 10.9. The van der Waals surface area contributed by atoms with E-state index in [0.29, 0.717) is 0 Å². The summed E-state index contributed by atoms with van der Waals surface area (Å²) >= 11 is 0. The molecule has 0 saturated heterocycles. The van der Waals surface area contributed by atoms with E-state index in [1.54, 1.807) is 6.08 Å². The van der Waals surface area contributed by atoms with Crippen LogP contribution in [0.4, 0.5) is 0 Å². The van der Waals surface area contributed by atoms with Gasteiger partial charge in [0, 0.05) is 6.08 Å². The van der Waals surface area contributed by atoms with Gasteiger partial charge in [-0.3, -0.25) is 0 Å². The summed E-state index contributed by atoms with van der Waals surface area (Å²) in [7, 11) is 0. The molecule has 0 spiro atoms. The molecular weight excluding hydrogens is 164 g/mol. The minimum atomic E-state index is -0.362. The number of carbonyl (C=O) groups is 1. The molecule has 0 aliphatic carbocycles. The Hall–Kier alpha value is -1.57. The molecule has 0 saturated carbocycles. The number of ether oxygens (including phenoxy) is 1. The van der Waals surface area contributed by atoms with E-state index in [1.165, 1.54) is 6.08 Å². The lowest BCUT2D eigenvalue weighted by Crippen LogP contribution is -1.98. The normalized spacial score (nSPS) is 10.2. The van der Waals surface area contributed by atoms with Crippen molar-refractivity contribution in [2.45, 2.75) is 0 Å². The first-order valence-corrected chi connectivity index (χ1v) is 4.02. The zero-order valence-electron chi connectivity index (χ0n) is 7.27. The number of hydrogen-bond donors (Lipinski definition) is 0. The van der Waals surface area contributed by atoms with E-state index in [4.69, 9.17) is 0 Å². The fraction of sp³-hybridized carbons (Fsp3) is 0.0909. The van der Waals surface area contributed by atoms with Crippen LogP contribution in [-0.4, -0.2) is 12.6 Å². The van der Waals surface area contributed by atoms with Crippen LogP contribution in [0.15, 0.2) is 36.4 Å². The average Bonchev–Trinajstić information content (AvgIpc) is 2.17. The second-order valence-electron chi connectivity index (χ2n) is 2.41. The van der Waals surface area contributed by atoms with Gasteiger partial charge in [0.25, 0.3) is 0 Å². The van der Waals surface area contributed by atoms with Crippen molar-refractivity contribution in [1.82, 2.24) is 0 Å². The maximum Gasteiger partial charge on any atom is 0.330 e. The summed E-state index contributed by atoms with van der Waals surface area (Å²) in [6, 6.07) is 9.56. The Balaban J connectivity index is 2.54. The highest BCUT2D eigenvalue weighted by molar-refractivity contribution is 5.87. The van der Waals surface area contributed by atoms with E-state index in [2.05, 4.69) is 11.7 Å².